The van der Waals surface area contributed by atoms with E-state index in [0.29, 0.717) is 56.4 Å². The summed E-state index contributed by atoms with van der Waals surface area (Å²) < 4.78 is 50.1. The van der Waals surface area contributed by atoms with Gasteiger partial charge < -0.3 is 19.7 Å². The molecule has 8 nitrogen and oxygen atoms in total. The van der Waals surface area contributed by atoms with Crippen molar-refractivity contribution in [3.05, 3.63) is 34.5 Å². The Kier molecular flexibility index (Phi) is 8.59. The average molecular weight is 542 g/mol. The molecular formula is C25H34F3N5O3S. The number of pyridine rings is 1. The van der Waals surface area contributed by atoms with Gasteiger partial charge in [-0.25, -0.2) is 14.8 Å². The fraction of sp³-hybridized carbons (Fsp3) is 0.640. The summed E-state index contributed by atoms with van der Waals surface area (Å²) in [5.41, 5.74) is 1.29. The van der Waals surface area contributed by atoms with Crippen LogP contribution in [0.25, 0.3) is 0 Å². The molecule has 0 spiro atoms. The number of piperidine rings is 1. The second kappa shape index (κ2) is 11.5. The minimum Gasteiger partial charge on any atom is -0.444 e. The van der Waals surface area contributed by atoms with Crippen molar-refractivity contribution in [2.24, 2.45) is 5.92 Å². The third kappa shape index (κ3) is 8.27. The van der Waals surface area contributed by atoms with Gasteiger partial charge >= 0.3 is 12.3 Å². The number of nitrogens with zero attached hydrogens (tertiary/aromatic N) is 4. The minimum absolute atomic E-state index is 0.142. The molecule has 4 rings (SSSR count). The second-order valence-electron chi connectivity index (χ2n) is 10.5. The van der Waals surface area contributed by atoms with Crippen molar-refractivity contribution in [1.82, 2.24) is 19.8 Å². The molecule has 2 aromatic rings. The first-order valence-electron chi connectivity index (χ1n) is 12.5. The summed E-state index contributed by atoms with van der Waals surface area (Å²) in [7, 11) is 0. The molecule has 2 saturated heterocycles. The highest BCUT2D eigenvalue weighted by atomic mass is 32.1. The van der Waals surface area contributed by atoms with Crippen LogP contribution in [0.3, 0.4) is 0 Å². The fourth-order valence-corrected chi connectivity index (χ4v) is 5.21. The summed E-state index contributed by atoms with van der Waals surface area (Å²) in [6, 6.07) is 3.91. The quantitative estimate of drug-likeness (QED) is 0.530. The van der Waals surface area contributed by atoms with E-state index < -0.39 is 16.7 Å². The highest BCUT2D eigenvalue weighted by molar-refractivity contribution is 7.15. The molecule has 2 aliphatic heterocycles. The number of aromatic nitrogens is 2. The van der Waals surface area contributed by atoms with Gasteiger partial charge in [0.05, 0.1) is 19.4 Å². The van der Waals surface area contributed by atoms with Gasteiger partial charge in [0, 0.05) is 38.4 Å². The molecule has 0 aromatic carbocycles. The molecule has 4 heterocycles. The van der Waals surface area contributed by atoms with Crippen molar-refractivity contribution in [2.75, 3.05) is 44.7 Å². The van der Waals surface area contributed by atoms with Gasteiger partial charge in [-0.3, -0.25) is 4.90 Å². The maximum Gasteiger partial charge on any atom is 0.427 e. The van der Waals surface area contributed by atoms with E-state index in [9.17, 15) is 18.0 Å². The maximum atomic E-state index is 13.0. The van der Waals surface area contributed by atoms with Crippen LogP contribution in [0.2, 0.25) is 0 Å². The number of morpholine rings is 1. The first kappa shape index (κ1) is 27.6. The first-order chi connectivity index (χ1) is 17.4. The van der Waals surface area contributed by atoms with Crippen LogP contribution in [-0.2, 0) is 28.6 Å². The summed E-state index contributed by atoms with van der Waals surface area (Å²) in [5, 5.41) is 3.11. The molecule has 1 N–H and O–H groups in total. The number of ether oxygens (including phenoxy) is 2. The van der Waals surface area contributed by atoms with Gasteiger partial charge in [-0.2, -0.15) is 13.2 Å². The lowest BCUT2D eigenvalue weighted by Gasteiger charge is -2.34. The Hall–Kier alpha value is -2.44. The monoisotopic (exact) mass is 541 g/mol. The summed E-state index contributed by atoms with van der Waals surface area (Å²) in [6.45, 7) is 10.5. The van der Waals surface area contributed by atoms with Crippen LogP contribution in [0, 0.1) is 5.92 Å². The van der Waals surface area contributed by atoms with E-state index in [1.54, 1.807) is 4.90 Å². The van der Waals surface area contributed by atoms with Crippen molar-refractivity contribution in [3.8, 4) is 0 Å². The van der Waals surface area contributed by atoms with E-state index in [1.165, 1.54) is 0 Å². The lowest BCUT2D eigenvalue weighted by Crippen LogP contribution is -2.43. The number of anilines is 2. The standard InChI is InChI=1S/C25H34F3N5O3S/c1-24(2,3)36-23(34)33-6-4-5-17(16-33)11-19-12-18(15-32-7-9-35-10-8-32)13-21(30-19)31-22-29-14-20(37-22)25(26,27)28/h12-14,17H,4-11,15-16H2,1-3H3,(H,29,30,31)/t17-/m1/s1. The van der Waals surface area contributed by atoms with E-state index in [2.05, 4.69) is 21.3 Å². The molecule has 0 bridgehead atoms. The number of carbonyl (C=O) groups is 1. The Morgan fingerprint density at radius 2 is 1.97 bits per heavy atom. The molecule has 37 heavy (non-hydrogen) atoms. The first-order valence-corrected chi connectivity index (χ1v) is 13.3. The van der Waals surface area contributed by atoms with Crippen LogP contribution in [0.5, 0.6) is 0 Å². The van der Waals surface area contributed by atoms with E-state index in [1.807, 2.05) is 26.8 Å². The Bertz CT molecular complexity index is 1070. The fourth-order valence-electron chi connectivity index (χ4n) is 4.52. The highest BCUT2D eigenvalue weighted by Gasteiger charge is 2.33. The lowest BCUT2D eigenvalue weighted by molar-refractivity contribution is -0.134. The molecule has 12 heteroatoms. The Labute approximate surface area is 219 Å². The van der Waals surface area contributed by atoms with Gasteiger partial charge in [0.15, 0.2) is 5.13 Å². The molecule has 2 aromatic heterocycles. The van der Waals surface area contributed by atoms with E-state index in [-0.39, 0.29) is 17.1 Å². The number of nitrogens with one attached hydrogen (secondary N) is 1. The third-order valence-corrected chi connectivity index (χ3v) is 7.09. The SMILES string of the molecule is CC(C)(C)OC(=O)N1CCC[C@H](Cc2cc(CN3CCOCC3)cc(Nc3ncc(C(F)(F)F)s3)n2)C1. The van der Waals surface area contributed by atoms with Crippen molar-refractivity contribution in [2.45, 2.75) is 58.4 Å². The summed E-state index contributed by atoms with van der Waals surface area (Å²) >= 11 is 0.553. The van der Waals surface area contributed by atoms with Crippen molar-refractivity contribution >= 4 is 28.4 Å². The minimum atomic E-state index is -4.44. The highest BCUT2D eigenvalue weighted by Crippen LogP contribution is 2.36. The molecule has 1 amide bonds. The Morgan fingerprint density at radius 1 is 1.22 bits per heavy atom. The topological polar surface area (TPSA) is 79.8 Å². The number of rotatable bonds is 6. The van der Waals surface area contributed by atoms with Gasteiger partial charge in [0.1, 0.15) is 16.3 Å². The van der Waals surface area contributed by atoms with Crippen LogP contribution in [0.4, 0.5) is 28.9 Å². The van der Waals surface area contributed by atoms with Crippen LogP contribution in [-0.4, -0.2) is 70.9 Å². The van der Waals surface area contributed by atoms with Crippen LogP contribution in [0.1, 0.15) is 49.7 Å². The molecule has 0 aliphatic carbocycles. The van der Waals surface area contributed by atoms with Crippen LogP contribution < -0.4 is 5.32 Å². The number of carbonyl (C=O) groups excluding carboxylic acids is 1. The molecule has 0 saturated carbocycles. The smallest absolute Gasteiger partial charge is 0.427 e. The summed E-state index contributed by atoms with van der Waals surface area (Å²) in [5.74, 6) is 0.667. The summed E-state index contributed by atoms with van der Waals surface area (Å²) in [4.78, 5) is 24.5. The third-order valence-electron chi connectivity index (χ3n) is 6.14. The van der Waals surface area contributed by atoms with Gasteiger partial charge in [0.2, 0.25) is 0 Å². The molecule has 204 valence electrons. The predicted molar refractivity (Wildman–Crippen MR) is 135 cm³/mol. The van der Waals surface area contributed by atoms with Crippen molar-refractivity contribution in [3.63, 3.8) is 0 Å². The predicted octanol–water partition coefficient (Wildman–Crippen LogP) is 5.32. The zero-order valence-electron chi connectivity index (χ0n) is 21.4. The zero-order chi connectivity index (χ0) is 26.6. The maximum absolute atomic E-state index is 13.0. The normalized spacial score (nSPS) is 19.6. The number of hydrogen-bond donors (Lipinski definition) is 1. The molecule has 2 fully saturated rings. The number of halogens is 3. The summed E-state index contributed by atoms with van der Waals surface area (Å²) in [6.07, 6.45) is -1.43. The van der Waals surface area contributed by atoms with Crippen molar-refractivity contribution < 1.29 is 27.4 Å². The van der Waals surface area contributed by atoms with Gasteiger partial charge in [-0.05, 0) is 63.6 Å². The number of hydrogen-bond acceptors (Lipinski definition) is 8. The van der Waals surface area contributed by atoms with Crippen LogP contribution >= 0.6 is 11.3 Å². The van der Waals surface area contributed by atoms with E-state index in [0.717, 1.165) is 43.4 Å². The molecule has 2 aliphatic rings. The molecule has 0 radical (unpaired) electrons. The van der Waals surface area contributed by atoms with Gasteiger partial charge in [0.25, 0.3) is 0 Å². The van der Waals surface area contributed by atoms with Crippen molar-refractivity contribution in [1.29, 1.82) is 0 Å². The number of thiazole rings is 1. The molecule has 0 unspecified atom stereocenters. The molecule has 1 atom stereocenters. The average Bonchev–Trinajstić information content (AvgIpc) is 3.28. The Morgan fingerprint density at radius 3 is 2.65 bits per heavy atom. The number of amides is 1. The largest absolute Gasteiger partial charge is 0.444 e. The van der Waals surface area contributed by atoms with E-state index in [4.69, 9.17) is 14.5 Å². The van der Waals surface area contributed by atoms with E-state index >= 15 is 0 Å². The molecular weight excluding hydrogens is 507 g/mol. The Balaban J connectivity index is 1.50. The second-order valence-corrected chi connectivity index (χ2v) is 11.6. The lowest BCUT2D eigenvalue weighted by atomic mass is 9.93. The van der Waals surface area contributed by atoms with Crippen LogP contribution in [0.15, 0.2) is 18.3 Å². The van der Waals surface area contributed by atoms with Gasteiger partial charge in [-0.1, -0.05) is 11.3 Å². The van der Waals surface area contributed by atoms with Gasteiger partial charge in [-0.15, -0.1) is 0 Å². The number of likely N-dealkylation sites (tertiary alicyclic amines) is 1. The zero-order valence-corrected chi connectivity index (χ0v) is 22.3. The number of alkyl halides is 3.